The number of piperidine rings is 1. The molecule has 2 heterocycles. The van der Waals surface area contributed by atoms with Crippen molar-refractivity contribution >= 4 is 33.6 Å². The van der Waals surface area contributed by atoms with E-state index in [2.05, 4.69) is 39.7 Å². The molecule has 6 heteroatoms. The second kappa shape index (κ2) is 8.32. The summed E-state index contributed by atoms with van der Waals surface area (Å²) in [7, 11) is 0. The van der Waals surface area contributed by atoms with E-state index in [0.717, 1.165) is 28.8 Å². The topological polar surface area (TPSA) is 46.1 Å². The maximum Gasteiger partial charge on any atom is 0.233 e. The van der Waals surface area contributed by atoms with Gasteiger partial charge in [0.2, 0.25) is 5.91 Å². The zero-order valence-corrected chi connectivity index (χ0v) is 16.9. The van der Waals surface area contributed by atoms with Gasteiger partial charge in [0.15, 0.2) is 5.16 Å². The lowest BCUT2D eigenvalue weighted by molar-refractivity contribution is -0.130. The lowest BCUT2D eigenvalue weighted by atomic mass is 9.92. The van der Waals surface area contributed by atoms with Crippen molar-refractivity contribution < 1.29 is 4.79 Å². The van der Waals surface area contributed by atoms with Crippen LogP contribution in [0.1, 0.15) is 20.3 Å². The molecule has 1 fully saturated rings. The number of carbonyl (C=O) groups excluding carboxylic acids is 1. The van der Waals surface area contributed by atoms with Crippen LogP contribution in [0.4, 0.5) is 0 Å². The van der Waals surface area contributed by atoms with Crippen molar-refractivity contribution in [3.8, 4) is 11.3 Å². The Hall–Kier alpha value is -1.40. The number of aromatic nitrogens is 2. The van der Waals surface area contributed by atoms with Crippen LogP contribution in [-0.4, -0.2) is 39.6 Å². The Labute approximate surface area is 161 Å². The van der Waals surface area contributed by atoms with Crippen molar-refractivity contribution in [3.63, 3.8) is 0 Å². The molecule has 0 bridgehead atoms. The largest absolute Gasteiger partial charge is 0.341 e. The van der Waals surface area contributed by atoms with Gasteiger partial charge in [0.25, 0.3) is 0 Å². The van der Waals surface area contributed by atoms with Gasteiger partial charge in [-0.05, 0) is 36.5 Å². The van der Waals surface area contributed by atoms with Crippen LogP contribution in [0.25, 0.3) is 11.3 Å². The first-order valence-corrected chi connectivity index (χ1v) is 10.3. The molecule has 0 radical (unpaired) electrons. The lowest BCUT2D eigenvalue weighted by Gasteiger charge is -2.34. The van der Waals surface area contributed by atoms with E-state index in [1.807, 2.05) is 35.2 Å². The minimum Gasteiger partial charge on any atom is -0.341 e. The second-order valence-corrected chi connectivity index (χ2v) is 8.62. The summed E-state index contributed by atoms with van der Waals surface area (Å²) in [5.74, 6) is 1.73. The zero-order valence-electron chi connectivity index (χ0n) is 14.5. The third kappa shape index (κ3) is 5.05. The SMILES string of the molecule is C[C@H]1C[C@H](C)CN(C(=O)CSc2nccc(-c3ccc(Br)cc3)n2)C1. The average molecular weight is 420 g/mol. The number of likely N-dealkylation sites (tertiary alicyclic amines) is 1. The van der Waals surface area contributed by atoms with Crippen LogP contribution in [0, 0.1) is 11.8 Å². The molecular formula is C19H22BrN3OS. The van der Waals surface area contributed by atoms with Crippen LogP contribution < -0.4 is 0 Å². The smallest absolute Gasteiger partial charge is 0.233 e. The van der Waals surface area contributed by atoms with Crippen LogP contribution in [0.5, 0.6) is 0 Å². The number of rotatable bonds is 4. The molecule has 0 saturated carbocycles. The highest BCUT2D eigenvalue weighted by molar-refractivity contribution is 9.10. The van der Waals surface area contributed by atoms with Crippen molar-refractivity contribution in [3.05, 3.63) is 41.0 Å². The van der Waals surface area contributed by atoms with E-state index in [1.165, 1.54) is 18.2 Å². The first-order valence-electron chi connectivity index (χ1n) is 8.51. The molecular weight excluding hydrogens is 398 g/mol. The van der Waals surface area contributed by atoms with Gasteiger partial charge in [-0.2, -0.15) is 0 Å². The molecule has 1 aromatic heterocycles. The van der Waals surface area contributed by atoms with Crippen molar-refractivity contribution in [2.75, 3.05) is 18.8 Å². The van der Waals surface area contributed by atoms with E-state index in [0.29, 0.717) is 22.7 Å². The fraction of sp³-hybridized carbons (Fsp3) is 0.421. The van der Waals surface area contributed by atoms with Gasteiger partial charge in [0.05, 0.1) is 11.4 Å². The van der Waals surface area contributed by atoms with E-state index < -0.39 is 0 Å². The van der Waals surface area contributed by atoms with Gasteiger partial charge in [-0.3, -0.25) is 4.79 Å². The third-order valence-electron chi connectivity index (χ3n) is 4.32. The van der Waals surface area contributed by atoms with Crippen molar-refractivity contribution in [1.82, 2.24) is 14.9 Å². The Bertz CT molecular complexity index is 728. The Balaban J connectivity index is 1.62. The number of amides is 1. The van der Waals surface area contributed by atoms with Crippen LogP contribution in [0.3, 0.4) is 0 Å². The monoisotopic (exact) mass is 419 g/mol. The van der Waals surface area contributed by atoms with Gasteiger partial charge in [-0.15, -0.1) is 0 Å². The minimum atomic E-state index is 0.182. The van der Waals surface area contributed by atoms with E-state index in [-0.39, 0.29) is 5.91 Å². The van der Waals surface area contributed by atoms with Crippen LogP contribution in [0.15, 0.2) is 46.2 Å². The van der Waals surface area contributed by atoms with E-state index in [1.54, 1.807) is 6.20 Å². The van der Waals surface area contributed by atoms with Gasteiger partial charge in [0, 0.05) is 29.3 Å². The minimum absolute atomic E-state index is 0.182. The van der Waals surface area contributed by atoms with Gasteiger partial charge in [0.1, 0.15) is 0 Å². The highest BCUT2D eigenvalue weighted by Gasteiger charge is 2.25. The average Bonchev–Trinajstić information content (AvgIpc) is 2.60. The summed E-state index contributed by atoms with van der Waals surface area (Å²) in [6.07, 6.45) is 2.96. The first kappa shape index (κ1) is 18.4. The molecule has 1 aromatic carbocycles. The molecule has 2 aromatic rings. The normalized spacial score (nSPS) is 20.5. The Morgan fingerprint density at radius 2 is 1.88 bits per heavy atom. The quantitative estimate of drug-likeness (QED) is 0.540. The number of hydrogen-bond donors (Lipinski definition) is 0. The highest BCUT2D eigenvalue weighted by atomic mass is 79.9. The van der Waals surface area contributed by atoms with Crippen molar-refractivity contribution in [2.24, 2.45) is 11.8 Å². The van der Waals surface area contributed by atoms with Gasteiger partial charge in [-0.25, -0.2) is 9.97 Å². The molecule has 25 heavy (non-hydrogen) atoms. The zero-order chi connectivity index (χ0) is 17.8. The Morgan fingerprint density at radius 3 is 2.56 bits per heavy atom. The summed E-state index contributed by atoms with van der Waals surface area (Å²) in [6.45, 7) is 6.16. The van der Waals surface area contributed by atoms with Gasteiger partial charge in [-0.1, -0.05) is 53.7 Å². The predicted octanol–water partition coefficient (Wildman–Crippen LogP) is 4.50. The van der Waals surface area contributed by atoms with E-state index in [4.69, 9.17) is 0 Å². The molecule has 2 atom stereocenters. The number of hydrogen-bond acceptors (Lipinski definition) is 4. The fourth-order valence-corrected chi connectivity index (χ4v) is 4.27. The van der Waals surface area contributed by atoms with E-state index in [9.17, 15) is 4.79 Å². The Kier molecular flexibility index (Phi) is 6.12. The van der Waals surface area contributed by atoms with Gasteiger partial charge >= 0.3 is 0 Å². The number of halogens is 1. The first-order chi connectivity index (χ1) is 12.0. The second-order valence-electron chi connectivity index (χ2n) is 6.76. The molecule has 132 valence electrons. The van der Waals surface area contributed by atoms with Crippen LogP contribution >= 0.6 is 27.7 Å². The van der Waals surface area contributed by atoms with Crippen molar-refractivity contribution in [2.45, 2.75) is 25.4 Å². The molecule has 1 saturated heterocycles. The summed E-state index contributed by atoms with van der Waals surface area (Å²) in [5.41, 5.74) is 1.91. The lowest BCUT2D eigenvalue weighted by Crippen LogP contribution is -2.43. The number of carbonyl (C=O) groups is 1. The molecule has 0 N–H and O–H groups in total. The third-order valence-corrected chi connectivity index (χ3v) is 5.69. The number of thioether (sulfide) groups is 1. The maximum absolute atomic E-state index is 12.5. The van der Waals surface area contributed by atoms with Gasteiger partial charge < -0.3 is 4.90 Å². The number of nitrogens with zero attached hydrogens (tertiary/aromatic N) is 3. The molecule has 3 rings (SSSR count). The van der Waals surface area contributed by atoms with Crippen LogP contribution in [-0.2, 0) is 4.79 Å². The number of benzene rings is 1. The molecule has 0 unspecified atom stereocenters. The highest BCUT2D eigenvalue weighted by Crippen LogP contribution is 2.24. The summed E-state index contributed by atoms with van der Waals surface area (Å²) in [5, 5.41) is 0.645. The maximum atomic E-state index is 12.5. The summed E-state index contributed by atoms with van der Waals surface area (Å²) < 4.78 is 1.04. The molecule has 4 nitrogen and oxygen atoms in total. The predicted molar refractivity (Wildman–Crippen MR) is 105 cm³/mol. The molecule has 0 aliphatic carbocycles. The standard InChI is InChI=1S/C19H22BrN3OS/c1-13-9-14(2)11-23(10-13)18(24)12-25-19-21-8-7-17(22-19)15-3-5-16(20)6-4-15/h3-8,13-14H,9-12H2,1-2H3/t13-,14-/m0/s1. The summed E-state index contributed by atoms with van der Waals surface area (Å²) in [6, 6.07) is 9.91. The fourth-order valence-electron chi connectivity index (χ4n) is 3.28. The molecule has 1 amide bonds. The van der Waals surface area contributed by atoms with Crippen LogP contribution in [0.2, 0.25) is 0 Å². The summed E-state index contributed by atoms with van der Waals surface area (Å²) in [4.78, 5) is 23.4. The molecule has 1 aliphatic rings. The Morgan fingerprint density at radius 1 is 1.20 bits per heavy atom. The van der Waals surface area contributed by atoms with E-state index >= 15 is 0 Å². The molecule has 1 aliphatic heterocycles. The summed E-state index contributed by atoms with van der Waals surface area (Å²) >= 11 is 4.85. The molecule has 0 spiro atoms. The van der Waals surface area contributed by atoms with Crippen molar-refractivity contribution in [1.29, 1.82) is 0 Å².